The summed E-state index contributed by atoms with van der Waals surface area (Å²) in [5, 5.41) is 0.902. The highest BCUT2D eigenvalue weighted by Gasteiger charge is 2.57. The first kappa shape index (κ1) is 27.7. The summed E-state index contributed by atoms with van der Waals surface area (Å²) in [5.74, 6) is 2.20. The standard InChI is InChI=1S/C35H38N4O4/c1-35(2,3)25-10-8-23(9-11-25)33(40)38-20-27-28(21-38)29(27)22-39(34(41)31-18-24-6-4-5-7-30(24)43-31)26-12-13-32(36-19-26)37-14-16-42-17-15-37/h4-13,18-19,27-29H,14-17,20-22H2,1-3H3. The Morgan fingerprint density at radius 2 is 1.67 bits per heavy atom. The Morgan fingerprint density at radius 1 is 0.953 bits per heavy atom. The van der Waals surface area contributed by atoms with Crippen LogP contribution in [0, 0.1) is 17.8 Å². The molecule has 0 radical (unpaired) electrons. The molecule has 222 valence electrons. The van der Waals surface area contributed by atoms with Gasteiger partial charge in [-0.05, 0) is 65.1 Å². The second kappa shape index (κ2) is 10.8. The normalized spacial score (nSPS) is 21.6. The van der Waals surface area contributed by atoms with Crippen LogP contribution in [0.15, 0.2) is 77.3 Å². The second-order valence-electron chi connectivity index (χ2n) is 13.1. The van der Waals surface area contributed by atoms with Crippen molar-refractivity contribution in [2.24, 2.45) is 17.8 Å². The molecule has 43 heavy (non-hydrogen) atoms. The smallest absolute Gasteiger partial charge is 0.294 e. The van der Waals surface area contributed by atoms with E-state index in [2.05, 4.69) is 37.8 Å². The number of amides is 2. The van der Waals surface area contributed by atoms with Crippen molar-refractivity contribution >= 4 is 34.3 Å². The molecule has 2 atom stereocenters. The molecule has 3 aliphatic rings. The molecule has 1 aliphatic carbocycles. The van der Waals surface area contributed by atoms with Gasteiger partial charge in [-0.25, -0.2) is 4.98 Å². The molecule has 2 aliphatic heterocycles. The number of piperidine rings is 1. The van der Waals surface area contributed by atoms with Crippen LogP contribution in [0.25, 0.3) is 11.0 Å². The Balaban J connectivity index is 1.07. The van der Waals surface area contributed by atoms with E-state index < -0.39 is 0 Å². The number of fused-ring (bicyclic) bond motifs is 2. The first-order valence-electron chi connectivity index (χ1n) is 15.3. The van der Waals surface area contributed by atoms with Gasteiger partial charge in [-0.1, -0.05) is 51.1 Å². The molecule has 4 heterocycles. The number of hydrogen-bond donors (Lipinski definition) is 0. The number of ether oxygens (including phenoxy) is 1. The zero-order valence-electron chi connectivity index (χ0n) is 25.0. The predicted molar refractivity (Wildman–Crippen MR) is 167 cm³/mol. The average Bonchev–Trinajstić information content (AvgIpc) is 3.34. The maximum absolute atomic E-state index is 14.0. The molecule has 2 aromatic heterocycles. The minimum absolute atomic E-state index is 0.0497. The molecule has 1 saturated carbocycles. The summed E-state index contributed by atoms with van der Waals surface area (Å²) in [7, 11) is 0. The average molecular weight is 579 g/mol. The number of carbonyl (C=O) groups is 2. The summed E-state index contributed by atoms with van der Waals surface area (Å²) in [5.41, 5.74) is 3.45. The molecule has 7 rings (SSSR count). The molecule has 2 unspecified atom stereocenters. The molecule has 2 saturated heterocycles. The van der Waals surface area contributed by atoms with Crippen LogP contribution >= 0.6 is 0 Å². The number of benzene rings is 2. The minimum Gasteiger partial charge on any atom is -0.451 e. The Labute approximate surface area is 252 Å². The number of aromatic nitrogens is 1. The van der Waals surface area contributed by atoms with Crippen molar-refractivity contribution in [2.45, 2.75) is 26.2 Å². The van der Waals surface area contributed by atoms with Gasteiger partial charge in [0.2, 0.25) is 0 Å². The van der Waals surface area contributed by atoms with E-state index in [4.69, 9.17) is 14.1 Å². The van der Waals surface area contributed by atoms with Crippen LogP contribution in [0.3, 0.4) is 0 Å². The minimum atomic E-state index is -0.172. The number of para-hydroxylation sites is 1. The van der Waals surface area contributed by atoms with Crippen LogP contribution < -0.4 is 9.80 Å². The third-order valence-corrected chi connectivity index (χ3v) is 9.31. The number of furan rings is 1. The zero-order chi connectivity index (χ0) is 29.7. The lowest BCUT2D eigenvalue weighted by Gasteiger charge is -2.29. The molecule has 3 fully saturated rings. The molecule has 0 spiro atoms. The number of carbonyl (C=O) groups excluding carboxylic acids is 2. The fourth-order valence-electron chi connectivity index (χ4n) is 6.64. The first-order chi connectivity index (χ1) is 20.8. The highest BCUT2D eigenvalue weighted by Crippen LogP contribution is 2.52. The molecule has 0 N–H and O–H groups in total. The van der Waals surface area contributed by atoms with Crippen LogP contribution in [0.1, 0.15) is 47.2 Å². The molecule has 2 aromatic carbocycles. The van der Waals surface area contributed by atoms with Crippen molar-refractivity contribution in [3.8, 4) is 0 Å². The molecule has 8 nitrogen and oxygen atoms in total. The van der Waals surface area contributed by atoms with Crippen molar-refractivity contribution in [2.75, 3.05) is 55.7 Å². The molecule has 4 aromatic rings. The van der Waals surface area contributed by atoms with E-state index in [9.17, 15) is 9.59 Å². The van der Waals surface area contributed by atoms with E-state index in [0.717, 1.165) is 48.6 Å². The quantitative estimate of drug-likeness (QED) is 0.295. The van der Waals surface area contributed by atoms with Gasteiger partial charge in [0.1, 0.15) is 11.4 Å². The van der Waals surface area contributed by atoms with E-state index in [0.29, 0.717) is 48.9 Å². The largest absolute Gasteiger partial charge is 0.451 e. The lowest BCUT2D eigenvalue weighted by atomic mass is 9.86. The third-order valence-electron chi connectivity index (χ3n) is 9.31. The maximum Gasteiger partial charge on any atom is 0.294 e. The Kier molecular flexibility index (Phi) is 6.96. The van der Waals surface area contributed by atoms with Crippen molar-refractivity contribution in [1.82, 2.24) is 9.88 Å². The number of hydrogen-bond acceptors (Lipinski definition) is 6. The van der Waals surface area contributed by atoms with Crippen LogP contribution in [-0.2, 0) is 10.2 Å². The summed E-state index contributed by atoms with van der Waals surface area (Å²) in [6, 6.07) is 21.5. The van der Waals surface area contributed by atoms with Gasteiger partial charge in [0.15, 0.2) is 5.76 Å². The fourth-order valence-corrected chi connectivity index (χ4v) is 6.64. The fraction of sp³-hybridized carbons (Fsp3) is 0.400. The molecule has 8 heteroatoms. The number of morpholine rings is 1. The van der Waals surface area contributed by atoms with Gasteiger partial charge in [-0.15, -0.1) is 0 Å². The van der Waals surface area contributed by atoms with E-state index in [-0.39, 0.29) is 17.2 Å². The van der Waals surface area contributed by atoms with Crippen molar-refractivity contribution in [3.63, 3.8) is 0 Å². The van der Waals surface area contributed by atoms with Crippen LogP contribution in [0.4, 0.5) is 11.5 Å². The van der Waals surface area contributed by atoms with Crippen molar-refractivity contribution in [3.05, 3.63) is 89.8 Å². The SMILES string of the molecule is CC(C)(C)c1ccc(C(=O)N2CC3C(C2)C3CN(C(=O)c2cc3ccccc3o2)c2ccc(N3CCOCC3)nc2)cc1. The molecular formula is C35H38N4O4. The van der Waals surface area contributed by atoms with Gasteiger partial charge in [0.25, 0.3) is 11.8 Å². The molecule has 0 bridgehead atoms. The van der Waals surface area contributed by atoms with Gasteiger partial charge >= 0.3 is 0 Å². The third kappa shape index (κ3) is 5.40. The number of anilines is 2. The van der Waals surface area contributed by atoms with Gasteiger partial charge in [0.05, 0.1) is 25.1 Å². The Bertz CT molecular complexity index is 1590. The van der Waals surface area contributed by atoms with Crippen LogP contribution in [0.5, 0.6) is 0 Å². The van der Waals surface area contributed by atoms with Crippen LogP contribution in [0.2, 0.25) is 0 Å². The lowest BCUT2D eigenvalue weighted by molar-refractivity contribution is 0.0766. The van der Waals surface area contributed by atoms with E-state index >= 15 is 0 Å². The van der Waals surface area contributed by atoms with Crippen molar-refractivity contribution in [1.29, 1.82) is 0 Å². The number of likely N-dealkylation sites (tertiary alicyclic amines) is 1. The number of rotatable bonds is 6. The highest BCUT2D eigenvalue weighted by molar-refractivity contribution is 6.06. The maximum atomic E-state index is 14.0. The lowest BCUT2D eigenvalue weighted by Crippen LogP contribution is -2.37. The Hall–Kier alpha value is -4.17. The summed E-state index contributed by atoms with van der Waals surface area (Å²) < 4.78 is 11.5. The summed E-state index contributed by atoms with van der Waals surface area (Å²) in [6.45, 7) is 11.5. The molecule has 2 amide bonds. The van der Waals surface area contributed by atoms with E-state index in [1.54, 1.807) is 6.20 Å². The summed E-state index contributed by atoms with van der Waals surface area (Å²) >= 11 is 0. The van der Waals surface area contributed by atoms with E-state index in [1.165, 1.54) is 5.56 Å². The highest BCUT2D eigenvalue weighted by atomic mass is 16.5. The van der Waals surface area contributed by atoms with Gasteiger partial charge in [0, 0.05) is 43.7 Å². The monoisotopic (exact) mass is 578 g/mol. The van der Waals surface area contributed by atoms with Gasteiger partial charge in [-0.3, -0.25) is 9.59 Å². The van der Waals surface area contributed by atoms with Crippen LogP contribution in [-0.4, -0.2) is 67.6 Å². The predicted octanol–water partition coefficient (Wildman–Crippen LogP) is 5.63. The Morgan fingerprint density at radius 3 is 2.33 bits per heavy atom. The topological polar surface area (TPSA) is 79.1 Å². The van der Waals surface area contributed by atoms with Crippen molar-refractivity contribution < 1.29 is 18.7 Å². The second-order valence-corrected chi connectivity index (χ2v) is 13.1. The first-order valence-corrected chi connectivity index (χ1v) is 15.3. The molecular weight excluding hydrogens is 540 g/mol. The number of nitrogens with zero attached hydrogens (tertiary/aromatic N) is 4. The zero-order valence-corrected chi connectivity index (χ0v) is 25.0. The van der Waals surface area contributed by atoms with Gasteiger partial charge in [-0.2, -0.15) is 0 Å². The van der Waals surface area contributed by atoms with E-state index in [1.807, 2.05) is 64.4 Å². The summed E-state index contributed by atoms with van der Waals surface area (Å²) in [4.78, 5) is 38.0. The number of pyridine rings is 1. The summed E-state index contributed by atoms with van der Waals surface area (Å²) in [6.07, 6.45) is 1.79. The van der Waals surface area contributed by atoms with Gasteiger partial charge < -0.3 is 23.9 Å².